The lowest BCUT2D eigenvalue weighted by Crippen LogP contribution is -2.23. The number of halogens is 2. The summed E-state index contributed by atoms with van der Waals surface area (Å²) in [5, 5.41) is 2.46. The van der Waals surface area contributed by atoms with Crippen molar-refractivity contribution in [2.24, 2.45) is 0 Å². The van der Waals surface area contributed by atoms with Crippen LogP contribution in [0.2, 0.25) is 5.02 Å². The van der Waals surface area contributed by atoms with Crippen LogP contribution in [-0.2, 0) is 19.1 Å². The maximum atomic E-state index is 12.8. The van der Waals surface area contributed by atoms with Crippen LogP contribution in [0.25, 0.3) is 0 Å². The molecule has 0 aromatic heterocycles. The van der Waals surface area contributed by atoms with E-state index in [0.717, 1.165) is 12.1 Å². The summed E-state index contributed by atoms with van der Waals surface area (Å²) in [4.78, 5) is 22.5. The number of ether oxygens (including phenoxy) is 2. The van der Waals surface area contributed by atoms with E-state index in [9.17, 15) is 14.0 Å². The van der Waals surface area contributed by atoms with E-state index in [2.05, 4.69) is 10.1 Å². The number of amides is 1. The van der Waals surface area contributed by atoms with Gasteiger partial charge in [0, 0.05) is 6.61 Å². The highest BCUT2D eigenvalue weighted by atomic mass is 35.5. The second kappa shape index (κ2) is 7.70. The van der Waals surface area contributed by atoms with Gasteiger partial charge in [0.15, 0.2) is 6.61 Å². The van der Waals surface area contributed by atoms with Crippen LogP contribution in [0.15, 0.2) is 18.2 Å². The summed E-state index contributed by atoms with van der Waals surface area (Å²) in [6, 6.07) is 3.54. The molecular formula is C12H13ClFNO4. The smallest absolute Gasteiger partial charge is 0.332 e. The zero-order chi connectivity index (χ0) is 14.3. The number of carbonyl (C=O) groups excluding carboxylic acids is 2. The van der Waals surface area contributed by atoms with Gasteiger partial charge >= 0.3 is 5.97 Å². The van der Waals surface area contributed by atoms with Gasteiger partial charge in [-0.05, 0) is 25.1 Å². The third-order valence-corrected chi connectivity index (χ3v) is 2.31. The Balaban J connectivity index is 2.41. The molecule has 0 aliphatic heterocycles. The molecule has 0 aliphatic rings. The van der Waals surface area contributed by atoms with E-state index >= 15 is 0 Å². The number of hydrogen-bond acceptors (Lipinski definition) is 4. The molecule has 0 heterocycles. The average molecular weight is 290 g/mol. The normalized spacial score (nSPS) is 10.1. The summed E-state index contributed by atoms with van der Waals surface area (Å²) in [6.45, 7) is 1.45. The van der Waals surface area contributed by atoms with E-state index in [4.69, 9.17) is 16.3 Å². The van der Waals surface area contributed by atoms with Crippen molar-refractivity contribution in [2.75, 3.05) is 25.1 Å². The van der Waals surface area contributed by atoms with Crippen LogP contribution < -0.4 is 5.32 Å². The third-order valence-electron chi connectivity index (χ3n) is 1.99. The maximum Gasteiger partial charge on any atom is 0.332 e. The molecule has 0 unspecified atom stereocenters. The van der Waals surface area contributed by atoms with E-state index in [-0.39, 0.29) is 17.3 Å². The molecule has 19 heavy (non-hydrogen) atoms. The zero-order valence-corrected chi connectivity index (χ0v) is 11.0. The highest BCUT2D eigenvalue weighted by Crippen LogP contribution is 2.22. The fourth-order valence-electron chi connectivity index (χ4n) is 1.15. The summed E-state index contributed by atoms with van der Waals surface area (Å²) in [5.41, 5.74) is 0.244. The predicted octanol–water partition coefficient (Wildman–Crippen LogP) is 2.00. The van der Waals surface area contributed by atoms with E-state index in [1.54, 1.807) is 6.92 Å². The van der Waals surface area contributed by atoms with Crippen LogP contribution >= 0.6 is 11.6 Å². The lowest BCUT2D eigenvalue weighted by atomic mass is 10.3. The Morgan fingerprint density at radius 2 is 2.11 bits per heavy atom. The van der Waals surface area contributed by atoms with E-state index in [1.807, 2.05) is 0 Å². The molecule has 1 N–H and O–H groups in total. The Bertz CT molecular complexity index is 467. The largest absolute Gasteiger partial charge is 0.454 e. The fraction of sp³-hybridized carbons (Fsp3) is 0.333. The first-order valence-corrected chi connectivity index (χ1v) is 5.89. The summed E-state index contributed by atoms with van der Waals surface area (Å²) < 4.78 is 22.2. The van der Waals surface area contributed by atoms with Gasteiger partial charge in [-0.15, -0.1) is 0 Å². The Hall–Kier alpha value is -1.66. The lowest BCUT2D eigenvalue weighted by molar-refractivity contribution is -0.151. The topological polar surface area (TPSA) is 64.6 Å². The first-order valence-electron chi connectivity index (χ1n) is 5.51. The van der Waals surface area contributed by atoms with Crippen molar-refractivity contribution in [3.8, 4) is 0 Å². The van der Waals surface area contributed by atoms with Crippen LogP contribution in [0.3, 0.4) is 0 Å². The monoisotopic (exact) mass is 289 g/mol. The Kier molecular flexibility index (Phi) is 6.24. The molecule has 0 saturated heterocycles. The van der Waals surface area contributed by atoms with Crippen molar-refractivity contribution >= 4 is 29.2 Å². The summed E-state index contributed by atoms with van der Waals surface area (Å²) in [6.07, 6.45) is 0. The minimum atomic E-state index is -0.637. The first kappa shape index (κ1) is 15.4. The van der Waals surface area contributed by atoms with E-state index in [1.165, 1.54) is 6.07 Å². The van der Waals surface area contributed by atoms with Crippen molar-refractivity contribution in [1.82, 2.24) is 0 Å². The number of esters is 1. The standard InChI is InChI=1S/C12H13ClFNO4/c1-2-18-7-12(17)19-6-11(16)15-10-4-3-8(14)5-9(10)13/h3-5H,2,6-7H2,1H3,(H,15,16). The Morgan fingerprint density at radius 1 is 1.37 bits per heavy atom. The molecule has 0 spiro atoms. The number of benzene rings is 1. The van der Waals surface area contributed by atoms with Crippen LogP contribution in [0, 0.1) is 5.82 Å². The van der Waals surface area contributed by atoms with Crippen molar-refractivity contribution in [3.63, 3.8) is 0 Å². The van der Waals surface area contributed by atoms with Crippen molar-refractivity contribution < 1.29 is 23.5 Å². The van der Waals surface area contributed by atoms with Crippen LogP contribution in [0.1, 0.15) is 6.92 Å². The highest BCUT2D eigenvalue weighted by Gasteiger charge is 2.10. The molecule has 1 aromatic carbocycles. The SMILES string of the molecule is CCOCC(=O)OCC(=O)Nc1ccc(F)cc1Cl. The van der Waals surface area contributed by atoms with Gasteiger partial charge in [0.2, 0.25) is 0 Å². The molecule has 104 valence electrons. The van der Waals surface area contributed by atoms with E-state index in [0.29, 0.717) is 6.61 Å². The van der Waals surface area contributed by atoms with Crippen LogP contribution in [0.5, 0.6) is 0 Å². The van der Waals surface area contributed by atoms with Crippen LogP contribution in [-0.4, -0.2) is 31.7 Å². The second-order valence-electron chi connectivity index (χ2n) is 3.47. The van der Waals surface area contributed by atoms with Crippen molar-refractivity contribution in [3.05, 3.63) is 29.0 Å². The van der Waals surface area contributed by atoms with Gasteiger partial charge in [-0.25, -0.2) is 9.18 Å². The number of anilines is 1. The zero-order valence-electron chi connectivity index (χ0n) is 10.2. The van der Waals surface area contributed by atoms with Crippen LogP contribution in [0.4, 0.5) is 10.1 Å². The quantitative estimate of drug-likeness (QED) is 0.814. The van der Waals surface area contributed by atoms with Gasteiger partial charge in [-0.3, -0.25) is 4.79 Å². The number of nitrogens with one attached hydrogen (secondary N) is 1. The minimum absolute atomic E-state index is 0.0639. The maximum absolute atomic E-state index is 12.8. The third kappa shape index (κ3) is 5.67. The highest BCUT2D eigenvalue weighted by molar-refractivity contribution is 6.33. The molecule has 1 rings (SSSR count). The minimum Gasteiger partial charge on any atom is -0.454 e. The van der Waals surface area contributed by atoms with Gasteiger partial charge in [-0.2, -0.15) is 0 Å². The predicted molar refractivity (Wildman–Crippen MR) is 67.5 cm³/mol. The lowest BCUT2D eigenvalue weighted by Gasteiger charge is -2.08. The molecule has 5 nitrogen and oxygen atoms in total. The van der Waals surface area contributed by atoms with Gasteiger partial charge in [0.25, 0.3) is 5.91 Å². The van der Waals surface area contributed by atoms with Gasteiger partial charge in [-0.1, -0.05) is 11.6 Å². The van der Waals surface area contributed by atoms with Crippen molar-refractivity contribution in [1.29, 1.82) is 0 Å². The molecule has 0 radical (unpaired) electrons. The molecule has 1 amide bonds. The molecule has 1 aromatic rings. The molecule has 7 heteroatoms. The summed E-state index contributed by atoms with van der Waals surface area (Å²) in [5.74, 6) is -1.72. The molecule has 0 aliphatic carbocycles. The number of carbonyl (C=O) groups is 2. The molecule has 0 atom stereocenters. The van der Waals surface area contributed by atoms with Gasteiger partial charge < -0.3 is 14.8 Å². The van der Waals surface area contributed by atoms with Gasteiger partial charge in [0.1, 0.15) is 12.4 Å². The first-order chi connectivity index (χ1) is 9.02. The molecule has 0 fully saturated rings. The Labute approximate surface area is 114 Å². The Morgan fingerprint density at radius 3 is 2.74 bits per heavy atom. The summed E-state index contributed by atoms with van der Waals surface area (Å²) in [7, 11) is 0. The number of hydrogen-bond donors (Lipinski definition) is 1. The molecule has 0 saturated carbocycles. The average Bonchev–Trinajstić information content (AvgIpc) is 2.37. The second-order valence-corrected chi connectivity index (χ2v) is 3.88. The number of rotatable bonds is 6. The van der Waals surface area contributed by atoms with E-state index < -0.39 is 24.3 Å². The van der Waals surface area contributed by atoms with Gasteiger partial charge in [0.05, 0.1) is 10.7 Å². The molecular weight excluding hydrogens is 277 g/mol. The molecule has 0 bridgehead atoms. The van der Waals surface area contributed by atoms with Crippen molar-refractivity contribution in [2.45, 2.75) is 6.92 Å². The summed E-state index contributed by atoms with van der Waals surface area (Å²) >= 11 is 5.72. The fourth-order valence-corrected chi connectivity index (χ4v) is 1.36.